The molecule has 0 aliphatic carbocycles. The van der Waals surface area contributed by atoms with Crippen LogP contribution in [0.1, 0.15) is 22.6 Å². The van der Waals surface area contributed by atoms with Crippen LogP contribution in [0.4, 0.5) is 0 Å². The minimum absolute atomic E-state index is 0. The minimum atomic E-state index is -3.49. The number of thiophene rings is 1. The van der Waals surface area contributed by atoms with E-state index in [0.29, 0.717) is 11.4 Å². The number of hydrogen-bond acceptors (Lipinski definition) is 5. The van der Waals surface area contributed by atoms with Crippen molar-refractivity contribution in [1.29, 1.82) is 0 Å². The van der Waals surface area contributed by atoms with Gasteiger partial charge in [0.25, 0.3) is 0 Å². The summed E-state index contributed by atoms with van der Waals surface area (Å²) in [7, 11) is -3.49. The normalized spacial score (nSPS) is 18.0. The van der Waals surface area contributed by atoms with Crippen LogP contribution in [0.5, 0.6) is 0 Å². The number of sulfonamides is 1. The predicted octanol–water partition coefficient (Wildman–Crippen LogP) is 0.933. The van der Waals surface area contributed by atoms with Gasteiger partial charge < -0.3 is 10.6 Å². The van der Waals surface area contributed by atoms with E-state index in [0.717, 1.165) is 29.1 Å². The van der Waals surface area contributed by atoms with Gasteiger partial charge in [0.05, 0.1) is 10.9 Å². The van der Waals surface area contributed by atoms with Gasteiger partial charge in [-0.25, -0.2) is 13.1 Å². The van der Waals surface area contributed by atoms with E-state index < -0.39 is 10.0 Å². The maximum absolute atomic E-state index is 12.1. The molecule has 22 heavy (non-hydrogen) atoms. The third kappa shape index (κ3) is 4.92. The first-order valence-electron chi connectivity index (χ1n) is 6.98. The first-order valence-corrected chi connectivity index (χ1v) is 9.28. The highest BCUT2D eigenvalue weighted by molar-refractivity contribution is 7.89. The zero-order chi connectivity index (χ0) is 15.5. The Hall–Kier alpha value is -0.670. The summed E-state index contributed by atoms with van der Waals surface area (Å²) in [6.45, 7) is 5.01. The Bertz CT molecular complexity index is 610. The number of carbonyl (C=O) groups excluding carboxylic acids is 1. The van der Waals surface area contributed by atoms with Crippen molar-refractivity contribution in [3.05, 3.63) is 15.8 Å². The Morgan fingerprint density at radius 1 is 1.41 bits per heavy atom. The van der Waals surface area contributed by atoms with Crippen LogP contribution in [-0.2, 0) is 14.8 Å². The van der Waals surface area contributed by atoms with Gasteiger partial charge in [0, 0.05) is 22.8 Å². The van der Waals surface area contributed by atoms with Crippen LogP contribution in [0.3, 0.4) is 0 Å². The third-order valence-corrected chi connectivity index (χ3v) is 6.06. The van der Waals surface area contributed by atoms with Crippen molar-refractivity contribution in [2.24, 2.45) is 0 Å². The highest BCUT2D eigenvalue weighted by atomic mass is 35.5. The number of amides is 1. The molecule has 1 aromatic rings. The van der Waals surface area contributed by atoms with Gasteiger partial charge in [0.1, 0.15) is 0 Å². The lowest BCUT2D eigenvalue weighted by molar-refractivity contribution is -0.122. The second kappa shape index (κ2) is 8.26. The molecule has 1 aliphatic heterocycles. The van der Waals surface area contributed by atoms with E-state index in [2.05, 4.69) is 15.4 Å². The Morgan fingerprint density at radius 3 is 2.68 bits per heavy atom. The molecule has 1 amide bonds. The molecule has 1 aliphatic rings. The Morgan fingerprint density at radius 2 is 2.14 bits per heavy atom. The number of aryl methyl sites for hydroxylation is 2. The molecule has 1 unspecified atom stereocenters. The van der Waals surface area contributed by atoms with E-state index in [9.17, 15) is 13.2 Å². The molecule has 0 bridgehead atoms. The first-order chi connectivity index (χ1) is 9.90. The summed E-state index contributed by atoms with van der Waals surface area (Å²) in [6, 6.07) is 1.53. The van der Waals surface area contributed by atoms with E-state index in [1.54, 1.807) is 13.0 Å². The molecule has 2 rings (SSSR count). The largest absolute Gasteiger partial charge is 0.353 e. The first kappa shape index (κ1) is 19.4. The van der Waals surface area contributed by atoms with Gasteiger partial charge in [-0.2, -0.15) is 0 Å². The number of hydrogen-bond donors (Lipinski definition) is 3. The molecule has 1 fully saturated rings. The molecule has 0 radical (unpaired) electrons. The number of halogens is 1. The smallest absolute Gasteiger partial charge is 0.241 e. The van der Waals surface area contributed by atoms with Crippen molar-refractivity contribution in [3.8, 4) is 0 Å². The summed E-state index contributed by atoms with van der Waals surface area (Å²) in [4.78, 5) is 13.8. The zero-order valence-corrected chi connectivity index (χ0v) is 15.1. The SMILES string of the molecule is Cc1cc(S(=O)(=O)NCCNC(=O)C2CCCN2)c(C)s1.Cl. The zero-order valence-electron chi connectivity index (χ0n) is 12.6. The fourth-order valence-corrected chi connectivity index (χ4v) is 4.94. The van der Waals surface area contributed by atoms with E-state index in [-0.39, 0.29) is 30.9 Å². The van der Waals surface area contributed by atoms with Gasteiger partial charge in [-0.3, -0.25) is 4.79 Å². The lowest BCUT2D eigenvalue weighted by Crippen LogP contribution is -2.43. The lowest BCUT2D eigenvalue weighted by atomic mass is 10.2. The molecule has 1 aromatic heterocycles. The molecule has 2 heterocycles. The fourth-order valence-electron chi connectivity index (χ4n) is 2.35. The molecule has 6 nitrogen and oxygen atoms in total. The van der Waals surface area contributed by atoms with Crippen molar-refractivity contribution >= 4 is 39.7 Å². The molecule has 0 spiro atoms. The highest BCUT2D eigenvalue weighted by Crippen LogP contribution is 2.24. The van der Waals surface area contributed by atoms with Crippen molar-refractivity contribution in [2.45, 2.75) is 37.6 Å². The number of nitrogens with one attached hydrogen (secondary N) is 3. The maximum Gasteiger partial charge on any atom is 0.241 e. The number of carbonyl (C=O) groups is 1. The van der Waals surface area contributed by atoms with Crippen molar-refractivity contribution in [3.63, 3.8) is 0 Å². The summed E-state index contributed by atoms with van der Waals surface area (Å²) < 4.78 is 26.8. The van der Waals surface area contributed by atoms with Gasteiger partial charge in [-0.05, 0) is 39.3 Å². The lowest BCUT2D eigenvalue weighted by Gasteiger charge is -2.11. The predicted molar refractivity (Wildman–Crippen MR) is 90.3 cm³/mol. The summed E-state index contributed by atoms with van der Waals surface area (Å²) in [5.41, 5.74) is 0. The van der Waals surface area contributed by atoms with Gasteiger partial charge in [0.15, 0.2) is 0 Å². The second-order valence-electron chi connectivity index (χ2n) is 5.12. The molecule has 1 atom stereocenters. The second-order valence-corrected chi connectivity index (χ2v) is 8.31. The van der Waals surface area contributed by atoms with Crippen molar-refractivity contribution in [1.82, 2.24) is 15.4 Å². The molecule has 9 heteroatoms. The van der Waals surface area contributed by atoms with Crippen LogP contribution in [0, 0.1) is 13.8 Å². The van der Waals surface area contributed by atoms with Gasteiger partial charge in [-0.1, -0.05) is 0 Å². The summed E-state index contributed by atoms with van der Waals surface area (Å²) in [6.07, 6.45) is 1.84. The molecule has 1 saturated heterocycles. The Balaban J connectivity index is 0.00000242. The van der Waals surface area contributed by atoms with Crippen molar-refractivity contribution < 1.29 is 13.2 Å². The Labute approximate surface area is 141 Å². The van der Waals surface area contributed by atoms with Crippen molar-refractivity contribution in [2.75, 3.05) is 19.6 Å². The summed E-state index contributed by atoms with van der Waals surface area (Å²) >= 11 is 1.46. The van der Waals surface area contributed by atoms with E-state index in [4.69, 9.17) is 0 Å². The fraction of sp³-hybridized carbons (Fsp3) is 0.615. The van der Waals surface area contributed by atoms with Crippen LogP contribution in [0.15, 0.2) is 11.0 Å². The van der Waals surface area contributed by atoms with Crippen LogP contribution < -0.4 is 15.4 Å². The standard InChI is InChI=1S/C13H21N3O3S2.ClH/c1-9-8-12(10(2)20-9)21(18,19)16-7-6-15-13(17)11-4-3-5-14-11;/h8,11,14,16H,3-7H2,1-2H3,(H,15,17);1H. The Kier molecular flexibility index (Phi) is 7.27. The molecule has 3 N–H and O–H groups in total. The minimum Gasteiger partial charge on any atom is -0.353 e. The van der Waals surface area contributed by atoms with Crippen LogP contribution >= 0.6 is 23.7 Å². The van der Waals surface area contributed by atoms with Gasteiger partial charge in [-0.15, -0.1) is 23.7 Å². The molecular formula is C13H22ClN3O3S2. The van der Waals surface area contributed by atoms with Crippen LogP contribution in [-0.4, -0.2) is 40.0 Å². The maximum atomic E-state index is 12.1. The molecule has 0 saturated carbocycles. The number of rotatable bonds is 6. The molecule has 0 aromatic carbocycles. The van der Waals surface area contributed by atoms with E-state index >= 15 is 0 Å². The van der Waals surface area contributed by atoms with E-state index in [1.807, 2.05) is 6.92 Å². The van der Waals surface area contributed by atoms with Gasteiger partial charge in [0.2, 0.25) is 15.9 Å². The summed E-state index contributed by atoms with van der Waals surface area (Å²) in [5, 5.41) is 5.84. The highest BCUT2D eigenvalue weighted by Gasteiger charge is 2.22. The summed E-state index contributed by atoms with van der Waals surface area (Å²) in [5.74, 6) is -0.0609. The topological polar surface area (TPSA) is 87.3 Å². The molecular weight excluding hydrogens is 346 g/mol. The average Bonchev–Trinajstić information content (AvgIpc) is 3.04. The van der Waals surface area contributed by atoms with Crippen LogP contribution in [0.2, 0.25) is 0 Å². The van der Waals surface area contributed by atoms with Gasteiger partial charge >= 0.3 is 0 Å². The monoisotopic (exact) mass is 367 g/mol. The quantitative estimate of drug-likeness (QED) is 0.653. The average molecular weight is 368 g/mol. The van der Waals surface area contributed by atoms with E-state index in [1.165, 1.54) is 11.3 Å². The third-order valence-electron chi connectivity index (χ3n) is 3.38. The van der Waals surface area contributed by atoms with Crippen LogP contribution in [0.25, 0.3) is 0 Å². The molecule has 126 valence electrons.